The Bertz CT molecular complexity index is 1450. The zero-order chi connectivity index (χ0) is 29.8. The number of amides is 1. The summed E-state index contributed by atoms with van der Waals surface area (Å²) in [6.45, 7) is 12.1. The lowest BCUT2D eigenvalue weighted by molar-refractivity contribution is -0.118. The van der Waals surface area contributed by atoms with Crippen LogP contribution < -0.4 is 21.0 Å². The highest BCUT2D eigenvalue weighted by Crippen LogP contribution is 2.36. The molecule has 2 heterocycles. The van der Waals surface area contributed by atoms with Gasteiger partial charge in [0.1, 0.15) is 23.0 Å². The number of aromatic nitrogens is 3. The Morgan fingerprint density at radius 1 is 0.902 bits per heavy atom. The van der Waals surface area contributed by atoms with Gasteiger partial charge in [-0.2, -0.15) is 9.78 Å². The zero-order valence-corrected chi connectivity index (χ0v) is 25.8. The smallest absolute Gasteiger partial charge is 0.435 e. The van der Waals surface area contributed by atoms with Crippen LogP contribution in [0.2, 0.25) is 5.04 Å². The number of rotatable bonds is 8. The monoisotopic (exact) mass is 573 g/mol. The van der Waals surface area contributed by atoms with E-state index in [1.165, 1.54) is 6.20 Å². The fourth-order valence-electron chi connectivity index (χ4n) is 4.91. The summed E-state index contributed by atoms with van der Waals surface area (Å²) in [5, 5.41) is 12.2. The van der Waals surface area contributed by atoms with E-state index in [0.29, 0.717) is 16.9 Å². The van der Waals surface area contributed by atoms with Crippen molar-refractivity contribution in [2.24, 2.45) is 0 Å². The first-order chi connectivity index (χ1) is 19.4. The third kappa shape index (κ3) is 6.56. The summed E-state index contributed by atoms with van der Waals surface area (Å²) in [7, 11) is -1.08. The molecule has 10 heteroatoms. The van der Waals surface area contributed by atoms with Crippen LogP contribution in [-0.2, 0) is 14.0 Å². The molecular formula is C31H39N5O4Si. The molecule has 0 aliphatic rings. The molecule has 2 aromatic heterocycles. The maximum Gasteiger partial charge on any atom is 0.435 e. The molecule has 2 aromatic carbocycles. The van der Waals surface area contributed by atoms with Crippen molar-refractivity contribution in [1.29, 1.82) is 0 Å². The third-order valence-corrected chi connectivity index (χ3v) is 11.8. The average molecular weight is 574 g/mol. The summed E-state index contributed by atoms with van der Waals surface area (Å²) in [4.78, 5) is 30.4. The van der Waals surface area contributed by atoms with Crippen LogP contribution in [0.4, 0.5) is 10.6 Å². The van der Waals surface area contributed by atoms with E-state index in [0.717, 1.165) is 15.1 Å². The minimum Gasteiger partial charge on any atom is -0.442 e. The number of ether oxygens (including phenoxy) is 1. The van der Waals surface area contributed by atoms with E-state index in [4.69, 9.17) is 9.16 Å². The molecule has 0 saturated heterocycles. The first kappa shape index (κ1) is 30.1. The number of nitrogens with one attached hydrogen (secondary N) is 2. The number of likely N-dealkylation sites (N-methyl/N-ethyl adjacent to an activating group) is 1. The van der Waals surface area contributed by atoms with Crippen LogP contribution in [0.5, 0.6) is 0 Å². The van der Waals surface area contributed by atoms with E-state index < -0.39 is 26.1 Å². The maximum absolute atomic E-state index is 13.4. The van der Waals surface area contributed by atoms with Crippen LogP contribution >= 0.6 is 0 Å². The van der Waals surface area contributed by atoms with Gasteiger partial charge >= 0.3 is 6.09 Å². The minimum atomic E-state index is -2.82. The molecule has 0 saturated carbocycles. The van der Waals surface area contributed by atoms with Gasteiger partial charge in [0.25, 0.3) is 8.32 Å². The quantitative estimate of drug-likeness (QED) is 0.302. The highest BCUT2D eigenvalue weighted by molar-refractivity contribution is 6.99. The van der Waals surface area contributed by atoms with Crippen molar-refractivity contribution >= 4 is 47.5 Å². The molecule has 0 spiro atoms. The first-order valence-corrected chi connectivity index (χ1v) is 15.6. The van der Waals surface area contributed by atoms with Gasteiger partial charge in [0, 0.05) is 0 Å². The van der Waals surface area contributed by atoms with E-state index in [9.17, 15) is 9.59 Å². The molecule has 0 aliphatic heterocycles. The zero-order valence-electron chi connectivity index (χ0n) is 24.8. The molecule has 216 valence electrons. The molecule has 4 aromatic rings. The van der Waals surface area contributed by atoms with Gasteiger partial charge < -0.3 is 19.8 Å². The summed E-state index contributed by atoms with van der Waals surface area (Å²) in [5.74, 6) is 0.0637. The molecule has 0 fully saturated rings. The number of nitrogens with zero attached hydrogens (tertiary/aromatic N) is 3. The van der Waals surface area contributed by atoms with Crippen LogP contribution in [0.25, 0.3) is 11.0 Å². The topological polar surface area (TPSA) is 107 Å². The average Bonchev–Trinajstić information content (AvgIpc) is 3.34. The fourth-order valence-corrected chi connectivity index (χ4v) is 9.48. The van der Waals surface area contributed by atoms with Gasteiger partial charge in [0.05, 0.1) is 18.3 Å². The van der Waals surface area contributed by atoms with Crippen LogP contribution in [0.1, 0.15) is 41.5 Å². The van der Waals surface area contributed by atoms with Crippen molar-refractivity contribution < 1.29 is 18.8 Å². The van der Waals surface area contributed by atoms with Gasteiger partial charge in [-0.25, -0.2) is 9.78 Å². The van der Waals surface area contributed by atoms with Crippen molar-refractivity contribution in [3.63, 3.8) is 0 Å². The highest BCUT2D eigenvalue weighted by Gasteiger charge is 2.50. The fraction of sp³-hybridized carbons (Fsp3) is 0.355. The lowest BCUT2D eigenvalue weighted by Crippen LogP contribution is -2.67. The molecule has 0 aliphatic carbocycles. The number of anilines is 1. The van der Waals surface area contributed by atoms with Crippen molar-refractivity contribution in [3.8, 4) is 0 Å². The summed E-state index contributed by atoms with van der Waals surface area (Å²) in [6.07, 6.45) is 0.873. The summed E-state index contributed by atoms with van der Waals surface area (Å²) in [5.41, 5.74) is 0.283. The highest BCUT2D eigenvalue weighted by atomic mass is 28.4. The van der Waals surface area contributed by atoms with Crippen molar-refractivity contribution in [2.75, 3.05) is 19.0 Å². The van der Waals surface area contributed by atoms with E-state index in [1.807, 2.05) is 36.4 Å². The lowest BCUT2D eigenvalue weighted by atomic mass is 10.2. The SMILES string of the molecule is CN[C@H](CO[Si](c1ccccc1)(c1ccccc1)C(C)(C)C)C(=O)Nc1ccc2c(cnn2C(=O)OC(C)(C)C)n1. The number of benzene rings is 2. The largest absolute Gasteiger partial charge is 0.442 e. The normalized spacial score (nSPS) is 13.1. The van der Waals surface area contributed by atoms with Gasteiger partial charge in [0.15, 0.2) is 0 Å². The second-order valence-electron chi connectivity index (χ2n) is 11.9. The number of hydrogen-bond acceptors (Lipinski definition) is 7. The molecule has 9 nitrogen and oxygen atoms in total. The Morgan fingerprint density at radius 2 is 1.49 bits per heavy atom. The lowest BCUT2D eigenvalue weighted by Gasteiger charge is -2.43. The van der Waals surface area contributed by atoms with Gasteiger partial charge in [-0.05, 0) is 55.4 Å². The Labute approximate surface area is 242 Å². The number of fused-ring (bicyclic) bond motifs is 1. The summed E-state index contributed by atoms with van der Waals surface area (Å²) >= 11 is 0. The Morgan fingerprint density at radius 3 is 2.00 bits per heavy atom. The Balaban J connectivity index is 1.56. The Kier molecular flexibility index (Phi) is 8.76. The predicted molar refractivity (Wildman–Crippen MR) is 164 cm³/mol. The van der Waals surface area contributed by atoms with Gasteiger partial charge in [-0.15, -0.1) is 0 Å². The molecule has 2 N–H and O–H groups in total. The molecule has 0 bridgehead atoms. The second kappa shape index (κ2) is 11.9. The number of pyridine rings is 1. The first-order valence-electron chi connectivity index (χ1n) is 13.7. The molecular weight excluding hydrogens is 534 g/mol. The van der Waals surface area contributed by atoms with Crippen molar-refractivity contribution in [1.82, 2.24) is 20.1 Å². The van der Waals surface area contributed by atoms with E-state index in [-0.39, 0.29) is 17.6 Å². The van der Waals surface area contributed by atoms with Crippen LogP contribution in [0.15, 0.2) is 79.0 Å². The summed E-state index contributed by atoms with van der Waals surface area (Å²) in [6, 6.07) is 23.3. The Hall–Kier alpha value is -3.86. The summed E-state index contributed by atoms with van der Waals surface area (Å²) < 4.78 is 13.5. The van der Waals surface area contributed by atoms with Crippen molar-refractivity contribution in [3.05, 3.63) is 79.0 Å². The maximum atomic E-state index is 13.4. The molecule has 1 amide bonds. The van der Waals surface area contributed by atoms with Gasteiger partial charge in [0.2, 0.25) is 5.91 Å². The standard InChI is InChI=1S/C31H39N5O4Si/c1-30(2,3)40-29(38)36-26-18-19-27(34-24(26)20-33-36)35-28(37)25(32-7)21-39-41(31(4,5)6,22-14-10-8-11-15-22)23-16-12-9-13-17-23/h8-20,25,32H,21H2,1-7H3,(H,34,35,37)/t25-/m1/s1. The van der Waals surface area contributed by atoms with E-state index >= 15 is 0 Å². The number of carbonyl (C=O) groups is 2. The molecule has 4 rings (SSSR count). The molecule has 0 unspecified atom stereocenters. The molecule has 1 atom stereocenters. The predicted octanol–water partition coefficient (Wildman–Crippen LogP) is 4.32. The second-order valence-corrected chi connectivity index (χ2v) is 16.2. The minimum absolute atomic E-state index is 0.161. The number of carbonyl (C=O) groups excluding carboxylic acids is 2. The van der Waals surface area contributed by atoms with Gasteiger partial charge in [-0.1, -0.05) is 81.4 Å². The number of hydrogen-bond donors (Lipinski definition) is 2. The molecule has 41 heavy (non-hydrogen) atoms. The van der Waals surface area contributed by atoms with Crippen LogP contribution in [0.3, 0.4) is 0 Å². The third-order valence-electron chi connectivity index (χ3n) is 6.79. The molecule has 0 radical (unpaired) electrons. The van der Waals surface area contributed by atoms with E-state index in [2.05, 4.69) is 65.8 Å². The van der Waals surface area contributed by atoms with E-state index in [1.54, 1.807) is 40.0 Å². The van der Waals surface area contributed by atoms with Crippen LogP contribution in [0, 0.1) is 0 Å². The van der Waals surface area contributed by atoms with Crippen LogP contribution in [-0.4, -0.2) is 60.4 Å². The van der Waals surface area contributed by atoms with Gasteiger partial charge in [-0.3, -0.25) is 4.79 Å². The van der Waals surface area contributed by atoms with Crippen molar-refractivity contribution in [2.45, 2.75) is 58.2 Å².